The van der Waals surface area contributed by atoms with Gasteiger partial charge < -0.3 is 24.3 Å². The van der Waals surface area contributed by atoms with Crippen LogP contribution in [0.25, 0.3) is 0 Å². The van der Waals surface area contributed by atoms with Crippen molar-refractivity contribution in [3.05, 3.63) is 34.4 Å². The number of nitro groups is 1. The number of ether oxygens (including phenoxy) is 4. The van der Waals surface area contributed by atoms with Gasteiger partial charge in [0.25, 0.3) is 5.69 Å². The van der Waals surface area contributed by atoms with Gasteiger partial charge in [0.05, 0.1) is 24.1 Å². The predicted molar refractivity (Wildman–Crippen MR) is 199 cm³/mol. The molecule has 1 fully saturated rings. The highest BCUT2D eigenvalue weighted by Crippen LogP contribution is 2.24. The molecule has 1 N–H and O–H groups in total. The van der Waals surface area contributed by atoms with Crippen molar-refractivity contribution in [2.24, 2.45) is 0 Å². The van der Waals surface area contributed by atoms with E-state index in [9.17, 15) is 34.1 Å². The molecule has 0 aromatic heterocycles. The quantitative estimate of drug-likeness (QED) is 0.0622. The van der Waals surface area contributed by atoms with Crippen molar-refractivity contribution < 1.29 is 52.3 Å². The first-order valence-electron chi connectivity index (χ1n) is 18.2. The second kappa shape index (κ2) is 19.9. The Morgan fingerprint density at radius 1 is 0.815 bits per heavy atom. The second-order valence-corrected chi connectivity index (χ2v) is 16.6. The molecule has 0 spiro atoms. The van der Waals surface area contributed by atoms with E-state index in [1.807, 2.05) is 21.7 Å². The van der Waals surface area contributed by atoms with E-state index in [0.29, 0.717) is 39.0 Å². The van der Waals surface area contributed by atoms with Crippen LogP contribution in [0, 0.1) is 10.1 Å². The van der Waals surface area contributed by atoms with Gasteiger partial charge in [-0.15, -0.1) is 0 Å². The topological polar surface area (TPSA) is 187 Å². The summed E-state index contributed by atoms with van der Waals surface area (Å²) in [7, 11) is 1.86. The van der Waals surface area contributed by atoms with Crippen LogP contribution in [0.5, 0.6) is 5.75 Å². The van der Waals surface area contributed by atoms with Crippen molar-refractivity contribution in [2.45, 2.75) is 91.6 Å². The van der Waals surface area contributed by atoms with Gasteiger partial charge in [-0.1, -0.05) is 0 Å². The molecule has 1 heterocycles. The van der Waals surface area contributed by atoms with Crippen LogP contribution in [0.1, 0.15) is 68.7 Å². The lowest BCUT2D eigenvalue weighted by molar-refractivity contribution is -0.851. The number of amides is 2. The number of esters is 3. The fourth-order valence-electron chi connectivity index (χ4n) is 5.83. The van der Waals surface area contributed by atoms with Gasteiger partial charge in [0.15, 0.2) is 6.54 Å². The number of nitrogens with zero attached hydrogens (tertiary/aromatic N) is 5. The summed E-state index contributed by atoms with van der Waals surface area (Å²) in [4.78, 5) is 82.1. The summed E-state index contributed by atoms with van der Waals surface area (Å²) in [6.07, 6.45) is 0.150. The third-order valence-corrected chi connectivity index (χ3v) is 8.27. The van der Waals surface area contributed by atoms with Gasteiger partial charge in [-0.3, -0.25) is 39.2 Å². The summed E-state index contributed by atoms with van der Waals surface area (Å²) in [6.45, 7) is 17.1. The van der Waals surface area contributed by atoms with E-state index in [0.717, 1.165) is 0 Å². The van der Waals surface area contributed by atoms with Gasteiger partial charge >= 0.3 is 24.0 Å². The molecular weight excluding hydrogens is 704 g/mol. The Kier molecular flexibility index (Phi) is 17.0. The van der Waals surface area contributed by atoms with E-state index in [1.165, 1.54) is 24.3 Å². The number of likely N-dealkylation sites (N-methyl/N-ethyl adjacent to an activating group) is 1. The minimum absolute atomic E-state index is 0.00294. The molecule has 54 heavy (non-hydrogen) atoms. The van der Waals surface area contributed by atoms with E-state index >= 15 is 0 Å². The first-order chi connectivity index (χ1) is 24.9. The summed E-state index contributed by atoms with van der Waals surface area (Å²) in [5, 5.41) is 14.0. The van der Waals surface area contributed by atoms with Crippen molar-refractivity contribution in [1.82, 2.24) is 20.0 Å². The SMILES string of the molecule is CN1CCN(CC(=O)OC(C)(C)C)CCN(CC(=O)OC(C)(C)C)CC[N+](CC(=O)OC(C)(C)C)(C(=O)Oc2ccc([N+](=O)[O-])cc2)CC1CCNC=O. The van der Waals surface area contributed by atoms with Crippen LogP contribution in [-0.4, -0.2) is 156 Å². The Hall–Kier alpha value is -4.19. The largest absolute Gasteiger partial charge is 0.522 e. The van der Waals surface area contributed by atoms with Crippen molar-refractivity contribution in [1.29, 1.82) is 0 Å². The zero-order valence-corrected chi connectivity index (χ0v) is 33.7. The molecule has 2 unspecified atom stereocenters. The summed E-state index contributed by atoms with van der Waals surface area (Å²) in [6, 6.07) is 4.62. The summed E-state index contributed by atoms with van der Waals surface area (Å²) in [5.74, 6) is -1.52. The third kappa shape index (κ3) is 17.3. The molecule has 2 atom stereocenters. The first-order valence-corrected chi connectivity index (χ1v) is 18.2. The van der Waals surface area contributed by atoms with E-state index < -0.39 is 62.8 Å². The number of nitrogens with one attached hydrogen (secondary N) is 1. The van der Waals surface area contributed by atoms with Crippen molar-refractivity contribution >= 4 is 36.1 Å². The number of carbonyl (C=O) groups is 5. The average Bonchev–Trinajstić information content (AvgIpc) is 3.00. The molecule has 1 aliphatic rings. The van der Waals surface area contributed by atoms with E-state index in [2.05, 4.69) is 5.32 Å². The molecule has 2 amide bonds. The minimum atomic E-state index is -0.875. The number of benzene rings is 1. The highest BCUT2D eigenvalue weighted by Gasteiger charge is 2.46. The zero-order chi connectivity index (χ0) is 40.9. The van der Waals surface area contributed by atoms with Crippen LogP contribution in [0.2, 0.25) is 0 Å². The fraction of sp³-hybridized carbons (Fsp3) is 0.703. The monoisotopic (exact) mass is 765 g/mol. The smallest absolute Gasteiger partial charge is 0.459 e. The van der Waals surface area contributed by atoms with Crippen LogP contribution < -0.4 is 10.1 Å². The maximum absolute atomic E-state index is 14.6. The van der Waals surface area contributed by atoms with Gasteiger partial charge in [-0.25, -0.2) is 9.28 Å². The van der Waals surface area contributed by atoms with Crippen molar-refractivity contribution in [2.75, 3.05) is 79.0 Å². The maximum Gasteiger partial charge on any atom is 0.522 e. The molecule has 1 aromatic carbocycles. The molecule has 0 saturated carbocycles. The van der Waals surface area contributed by atoms with Gasteiger partial charge in [0, 0.05) is 51.4 Å². The number of quaternary nitrogens is 1. The van der Waals surface area contributed by atoms with Crippen LogP contribution in [0.4, 0.5) is 10.5 Å². The Labute approximate surface area is 318 Å². The lowest BCUT2D eigenvalue weighted by atomic mass is 10.1. The number of non-ortho nitro benzene ring substituents is 1. The lowest BCUT2D eigenvalue weighted by Crippen LogP contribution is -2.65. The zero-order valence-electron chi connectivity index (χ0n) is 33.7. The van der Waals surface area contributed by atoms with Gasteiger partial charge in [0.1, 0.15) is 35.6 Å². The second-order valence-electron chi connectivity index (χ2n) is 16.6. The summed E-state index contributed by atoms with van der Waals surface area (Å²) >= 11 is 0. The normalized spacial score (nSPS) is 20.1. The molecule has 304 valence electrons. The highest BCUT2D eigenvalue weighted by molar-refractivity contribution is 5.75. The van der Waals surface area contributed by atoms with Crippen LogP contribution in [-0.2, 0) is 33.4 Å². The fourth-order valence-corrected chi connectivity index (χ4v) is 5.83. The Morgan fingerprint density at radius 2 is 1.30 bits per heavy atom. The predicted octanol–water partition coefficient (Wildman–Crippen LogP) is 2.99. The maximum atomic E-state index is 14.6. The Balaban J connectivity index is 2.68. The molecule has 17 heteroatoms. The Morgan fingerprint density at radius 3 is 1.78 bits per heavy atom. The molecule has 1 saturated heterocycles. The number of hydrogen-bond acceptors (Lipinski definition) is 14. The van der Waals surface area contributed by atoms with Gasteiger partial charge in [-0.05, 0) is 87.9 Å². The third-order valence-electron chi connectivity index (χ3n) is 8.27. The summed E-state index contributed by atoms with van der Waals surface area (Å²) < 4.78 is 22.3. The number of hydrogen-bond donors (Lipinski definition) is 1. The molecule has 1 aliphatic heterocycles. The van der Waals surface area contributed by atoms with Gasteiger partial charge in [0.2, 0.25) is 6.41 Å². The van der Waals surface area contributed by atoms with Crippen LogP contribution in [0.15, 0.2) is 24.3 Å². The summed E-state index contributed by atoms with van der Waals surface area (Å²) in [5.41, 5.74) is -2.51. The number of nitro benzene ring substituents is 1. The molecule has 17 nitrogen and oxygen atoms in total. The van der Waals surface area contributed by atoms with E-state index in [4.69, 9.17) is 18.9 Å². The Bertz CT molecular complexity index is 1440. The van der Waals surface area contributed by atoms with Crippen LogP contribution in [0.3, 0.4) is 0 Å². The molecular formula is C37H61N6O11+. The highest BCUT2D eigenvalue weighted by atomic mass is 16.6. The molecule has 0 bridgehead atoms. The molecule has 2 rings (SSSR count). The van der Waals surface area contributed by atoms with E-state index in [-0.39, 0.29) is 50.7 Å². The number of rotatable bonds is 12. The number of carbonyl (C=O) groups excluding carboxylic acids is 5. The molecule has 0 aliphatic carbocycles. The lowest BCUT2D eigenvalue weighted by Gasteiger charge is -2.41. The van der Waals surface area contributed by atoms with Gasteiger partial charge in [-0.2, -0.15) is 4.79 Å². The average molecular weight is 766 g/mol. The molecule has 1 aromatic rings. The van der Waals surface area contributed by atoms with Crippen molar-refractivity contribution in [3.63, 3.8) is 0 Å². The minimum Gasteiger partial charge on any atom is -0.459 e. The van der Waals surface area contributed by atoms with Crippen LogP contribution >= 0.6 is 0 Å². The molecule has 0 radical (unpaired) electrons. The first kappa shape index (κ1) is 46.0. The van der Waals surface area contributed by atoms with Crippen molar-refractivity contribution in [3.8, 4) is 5.75 Å². The standard InChI is InChI=1S/C37H60N6O11/c1-35(2,3)52-31(45)23-40-18-17-39(10)29(15-16-38-27-44)25-43(26-33(47)54-37(7,8)9,34(48)51-30-13-11-28(12-14-30)42(49)50)22-21-41(20-19-40)24-32(46)53-36(4,5)6/h11-14,27,29H,15-26H2,1-10H3/p+1. The van der Waals surface area contributed by atoms with E-state index in [1.54, 1.807) is 62.3 Å².